The van der Waals surface area contributed by atoms with Crippen molar-refractivity contribution in [2.24, 2.45) is 0 Å². The molecule has 0 atom stereocenters. The van der Waals surface area contributed by atoms with Gasteiger partial charge < -0.3 is 10.6 Å². The van der Waals surface area contributed by atoms with E-state index in [1.165, 1.54) is 23.1 Å². The lowest BCUT2D eigenvalue weighted by molar-refractivity contribution is -0.113. The molecule has 0 unspecified atom stereocenters. The number of rotatable bonds is 7. The molecular weight excluding hydrogens is 400 g/mol. The molecular formula is C20H17ClN2O2S2. The number of amides is 2. The number of carbonyl (C=O) groups excluding carboxylic acids is 2. The van der Waals surface area contributed by atoms with Crippen LogP contribution in [0.15, 0.2) is 66.0 Å². The summed E-state index contributed by atoms with van der Waals surface area (Å²) in [6.07, 6.45) is 0. The standard InChI is InChI=1S/C20H17ClN2O2S2/c21-15-8-6-14(7-9-15)12-26-13-19(24)22-16-3-1-4-17(11-16)23-20(25)18-5-2-10-27-18/h1-11H,12-13H2,(H,22,24)(H,23,25). The Hall–Kier alpha value is -2.28. The van der Waals surface area contributed by atoms with E-state index in [4.69, 9.17) is 11.6 Å². The fraction of sp³-hybridized carbons (Fsp3) is 0.100. The number of thiophene rings is 1. The molecule has 1 heterocycles. The largest absolute Gasteiger partial charge is 0.325 e. The highest BCUT2D eigenvalue weighted by Gasteiger charge is 2.08. The van der Waals surface area contributed by atoms with Crippen LogP contribution in [0, 0.1) is 0 Å². The van der Waals surface area contributed by atoms with Gasteiger partial charge in [0.05, 0.1) is 10.6 Å². The fourth-order valence-corrected chi connectivity index (χ4v) is 3.85. The van der Waals surface area contributed by atoms with E-state index in [0.29, 0.717) is 27.0 Å². The Morgan fingerprint density at radius 1 is 0.963 bits per heavy atom. The third-order valence-electron chi connectivity index (χ3n) is 3.56. The number of carbonyl (C=O) groups is 2. The lowest BCUT2D eigenvalue weighted by Gasteiger charge is -2.08. The summed E-state index contributed by atoms with van der Waals surface area (Å²) in [5.74, 6) is 0.832. The maximum Gasteiger partial charge on any atom is 0.265 e. The number of thioether (sulfide) groups is 1. The molecule has 3 aromatic rings. The molecule has 0 spiro atoms. The third-order valence-corrected chi connectivity index (χ3v) is 5.69. The van der Waals surface area contributed by atoms with Crippen LogP contribution in [0.4, 0.5) is 11.4 Å². The second kappa shape index (κ2) is 9.60. The summed E-state index contributed by atoms with van der Waals surface area (Å²) in [4.78, 5) is 24.9. The molecule has 7 heteroatoms. The summed E-state index contributed by atoms with van der Waals surface area (Å²) in [5, 5.41) is 8.24. The SMILES string of the molecule is O=C(CSCc1ccc(Cl)cc1)Nc1cccc(NC(=O)c2cccs2)c1. The first-order chi connectivity index (χ1) is 13.1. The van der Waals surface area contributed by atoms with Crippen LogP contribution < -0.4 is 10.6 Å². The number of nitrogens with one attached hydrogen (secondary N) is 2. The maximum absolute atomic E-state index is 12.1. The van der Waals surface area contributed by atoms with Crippen LogP contribution >= 0.6 is 34.7 Å². The minimum atomic E-state index is -0.160. The summed E-state index contributed by atoms with van der Waals surface area (Å²) in [6.45, 7) is 0. The average molecular weight is 417 g/mol. The topological polar surface area (TPSA) is 58.2 Å². The first kappa shape index (κ1) is 19.5. The second-order valence-corrected chi connectivity index (χ2v) is 8.05. The van der Waals surface area contributed by atoms with E-state index in [2.05, 4.69) is 10.6 Å². The molecule has 0 fully saturated rings. The highest BCUT2D eigenvalue weighted by atomic mass is 35.5. The van der Waals surface area contributed by atoms with Crippen LogP contribution in [0.3, 0.4) is 0 Å². The summed E-state index contributed by atoms with van der Waals surface area (Å²) in [7, 11) is 0. The molecule has 0 saturated carbocycles. The van der Waals surface area contributed by atoms with Crippen LogP contribution in [0.1, 0.15) is 15.2 Å². The Kier molecular flexibility index (Phi) is 6.92. The smallest absolute Gasteiger partial charge is 0.265 e. The molecule has 0 radical (unpaired) electrons. The summed E-state index contributed by atoms with van der Waals surface area (Å²) < 4.78 is 0. The van der Waals surface area contributed by atoms with Crippen molar-refractivity contribution in [3.8, 4) is 0 Å². The zero-order chi connectivity index (χ0) is 19.1. The van der Waals surface area contributed by atoms with Crippen molar-refractivity contribution in [2.75, 3.05) is 16.4 Å². The Morgan fingerprint density at radius 2 is 1.70 bits per heavy atom. The van der Waals surface area contributed by atoms with Gasteiger partial charge in [-0.25, -0.2) is 0 Å². The van der Waals surface area contributed by atoms with Gasteiger partial charge in [-0.05, 0) is 47.3 Å². The van der Waals surface area contributed by atoms with Crippen LogP contribution in [-0.4, -0.2) is 17.6 Å². The van der Waals surface area contributed by atoms with Crippen LogP contribution in [0.25, 0.3) is 0 Å². The van der Waals surface area contributed by atoms with Crippen molar-refractivity contribution in [2.45, 2.75) is 5.75 Å². The van der Waals surface area contributed by atoms with Gasteiger partial charge in [0.1, 0.15) is 0 Å². The molecule has 2 aromatic carbocycles. The normalized spacial score (nSPS) is 10.4. The van der Waals surface area contributed by atoms with Crippen LogP contribution in [-0.2, 0) is 10.5 Å². The molecule has 2 N–H and O–H groups in total. The van der Waals surface area contributed by atoms with E-state index in [9.17, 15) is 9.59 Å². The van der Waals surface area contributed by atoms with Gasteiger partial charge in [-0.3, -0.25) is 9.59 Å². The Labute approximate surface area is 170 Å². The first-order valence-electron chi connectivity index (χ1n) is 8.17. The van der Waals surface area contributed by atoms with Crippen molar-refractivity contribution in [3.05, 3.63) is 81.5 Å². The van der Waals surface area contributed by atoms with Gasteiger partial charge in [0.2, 0.25) is 5.91 Å². The van der Waals surface area contributed by atoms with E-state index < -0.39 is 0 Å². The van der Waals surface area contributed by atoms with E-state index >= 15 is 0 Å². The lowest BCUT2D eigenvalue weighted by atomic mass is 10.2. The van der Waals surface area contributed by atoms with Crippen molar-refractivity contribution in [3.63, 3.8) is 0 Å². The Bertz CT molecular complexity index is 912. The molecule has 0 aliphatic heterocycles. The van der Waals surface area contributed by atoms with Gasteiger partial charge in [-0.15, -0.1) is 23.1 Å². The van der Waals surface area contributed by atoms with Gasteiger partial charge in [0.15, 0.2) is 0 Å². The van der Waals surface area contributed by atoms with Crippen molar-refractivity contribution in [1.29, 1.82) is 0 Å². The Morgan fingerprint density at radius 3 is 2.41 bits per heavy atom. The predicted octanol–water partition coefficient (Wildman–Crippen LogP) is 5.53. The average Bonchev–Trinajstić information content (AvgIpc) is 3.18. The van der Waals surface area contributed by atoms with E-state index in [1.807, 2.05) is 35.7 Å². The molecule has 3 rings (SSSR count). The molecule has 0 bridgehead atoms. The molecule has 27 heavy (non-hydrogen) atoms. The quantitative estimate of drug-likeness (QED) is 0.532. The van der Waals surface area contributed by atoms with Gasteiger partial charge in [-0.1, -0.05) is 35.9 Å². The van der Waals surface area contributed by atoms with Gasteiger partial charge in [-0.2, -0.15) is 0 Å². The fourth-order valence-electron chi connectivity index (χ4n) is 2.31. The predicted molar refractivity (Wildman–Crippen MR) is 115 cm³/mol. The number of hydrogen-bond donors (Lipinski definition) is 2. The zero-order valence-electron chi connectivity index (χ0n) is 14.3. The molecule has 0 saturated heterocycles. The lowest BCUT2D eigenvalue weighted by Crippen LogP contribution is -2.15. The van der Waals surface area contributed by atoms with E-state index in [1.54, 1.807) is 30.3 Å². The summed E-state index contributed by atoms with van der Waals surface area (Å²) in [6, 6.07) is 18.3. The van der Waals surface area contributed by atoms with Crippen molar-refractivity contribution >= 4 is 57.9 Å². The molecule has 4 nitrogen and oxygen atoms in total. The highest BCUT2D eigenvalue weighted by molar-refractivity contribution is 7.99. The van der Waals surface area contributed by atoms with Crippen molar-refractivity contribution in [1.82, 2.24) is 0 Å². The monoisotopic (exact) mass is 416 g/mol. The first-order valence-corrected chi connectivity index (χ1v) is 10.6. The zero-order valence-corrected chi connectivity index (χ0v) is 16.7. The third kappa shape index (κ3) is 6.13. The molecule has 138 valence electrons. The molecule has 0 aliphatic rings. The van der Waals surface area contributed by atoms with Crippen LogP contribution in [0.2, 0.25) is 5.02 Å². The van der Waals surface area contributed by atoms with E-state index in [0.717, 1.165) is 11.3 Å². The van der Waals surface area contributed by atoms with Gasteiger partial charge in [0, 0.05) is 22.2 Å². The maximum atomic E-state index is 12.1. The van der Waals surface area contributed by atoms with Crippen molar-refractivity contribution < 1.29 is 9.59 Å². The minimum Gasteiger partial charge on any atom is -0.325 e. The molecule has 0 aliphatic carbocycles. The van der Waals surface area contributed by atoms with Gasteiger partial charge in [0.25, 0.3) is 5.91 Å². The second-order valence-electron chi connectivity index (χ2n) is 5.68. The summed E-state index contributed by atoms with van der Waals surface area (Å²) in [5.41, 5.74) is 2.41. The van der Waals surface area contributed by atoms with E-state index in [-0.39, 0.29) is 11.8 Å². The summed E-state index contributed by atoms with van der Waals surface area (Å²) >= 11 is 8.77. The number of benzene rings is 2. The van der Waals surface area contributed by atoms with Crippen LogP contribution in [0.5, 0.6) is 0 Å². The minimum absolute atomic E-state index is 0.0873. The number of anilines is 2. The number of halogens is 1. The van der Waals surface area contributed by atoms with Gasteiger partial charge >= 0.3 is 0 Å². The molecule has 2 amide bonds. The molecule has 1 aromatic heterocycles. The highest BCUT2D eigenvalue weighted by Crippen LogP contribution is 2.19. The Balaban J connectivity index is 1.49. The number of hydrogen-bond acceptors (Lipinski definition) is 4.